The van der Waals surface area contributed by atoms with Crippen molar-refractivity contribution >= 4 is 50.8 Å². The van der Waals surface area contributed by atoms with Crippen LogP contribution in [0.2, 0.25) is 5.02 Å². The zero-order valence-electron chi connectivity index (χ0n) is 15.0. The number of carbonyl (C=O) groups is 1. The second kappa shape index (κ2) is 8.19. The number of fused-ring (bicyclic) bond motifs is 1. The molecule has 1 atom stereocenters. The summed E-state index contributed by atoms with van der Waals surface area (Å²) >= 11 is 11.0. The van der Waals surface area contributed by atoms with Crippen molar-refractivity contribution in [2.45, 2.75) is 30.2 Å². The first-order valence-electron chi connectivity index (χ1n) is 8.69. The molecular formula is C20H16BrClN4OS. The molecule has 0 fully saturated rings. The van der Waals surface area contributed by atoms with Gasteiger partial charge in [-0.25, -0.2) is 0 Å². The Morgan fingerprint density at radius 1 is 1.14 bits per heavy atom. The molecule has 8 heteroatoms. The number of rotatable bonds is 5. The molecule has 0 bridgehead atoms. The van der Waals surface area contributed by atoms with Crippen LogP contribution in [0.5, 0.6) is 0 Å². The molecule has 5 nitrogen and oxygen atoms in total. The normalized spacial score (nSPS) is 15.8. The van der Waals surface area contributed by atoms with Crippen molar-refractivity contribution in [1.29, 1.82) is 0 Å². The molecule has 0 amide bonds. The van der Waals surface area contributed by atoms with Crippen LogP contribution in [-0.4, -0.2) is 31.6 Å². The van der Waals surface area contributed by atoms with Crippen molar-refractivity contribution in [1.82, 2.24) is 14.9 Å². The Balaban J connectivity index is 1.72. The molecule has 2 aromatic carbocycles. The molecule has 28 heavy (non-hydrogen) atoms. The minimum absolute atomic E-state index is 0.101. The molecule has 0 saturated heterocycles. The highest BCUT2D eigenvalue weighted by atomic mass is 79.9. The van der Waals surface area contributed by atoms with Crippen molar-refractivity contribution in [2.75, 3.05) is 0 Å². The largest absolute Gasteiger partial charge is 0.300 e. The molecule has 4 rings (SSSR count). The van der Waals surface area contributed by atoms with Gasteiger partial charge in [0.25, 0.3) is 0 Å². The lowest BCUT2D eigenvalue weighted by Gasteiger charge is -2.22. The van der Waals surface area contributed by atoms with Gasteiger partial charge in [0.1, 0.15) is 5.78 Å². The number of hydrogen-bond acceptors (Lipinski definition) is 5. The van der Waals surface area contributed by atoms with Crippen LogP contribution in [0.3, 0.4) is 0 Å². The summed E-state index contributed by atoms with van der Waals surface area (Å²) in [5, 5.41) is 14.7. The average Bonchev–Trinajstić information content (AvgIpc) is 3.05. The first kappa shape index (κ1) is 19.4. The second-order valence-electron chi connectivity index (χ2n) is 6.52. The molecule has 2 heterocycles. The van der Waals surface area contributed by atoms with Gasteiger partial charge >= 0.3 is 0 Å². The molecule has 1 aliphatic rings. The Hall–Kier alpha value is -1.96. The summed E-state index contributed by atoms with van der Waals surface area (Å²) in [5.41, 5.74) is 2.90. The van der Waals surface area contributed by atoms with Crippen molar-refractivity contribution in [3.05, 3.63) is 75.0 Å². The van der Waals surface area contributed by atoms with Gasteiger partial charge < -0.3 is 0 Å². The van der Waals surface area contributed by atoms with Crippen molar-refractivity contribution < 1.29 is 4.79 Å². The molecule has 0 spiro atoms. The summed E-state index contributed by atoms with van der Waals surface area (Å²) in [6, 6.07) is 15.6. The highest BCUT2D eigenvalue weighted by Crippen LogP contribution is 2.33. The van der Waals surface area contributed by atoms with Gasteiger partial charge in [-0.3, -0.25) is 4.79 Å². The number of thioether (sulfide) groups is 1. The number of ketones is 1. The summed E-state index contributed by atoms with van der Waals surface area (Å²) in [4.78, 5) is 11.8. The van der Waals surface area contributed by atoms with Crippen LogP contribution in [-0.2, 0) is 11.2 Å². The topological polar surface area (TPSA) is 60.1 Å². The SMILES string of the molecule is CC(=O)CC1Sc2nnc(Cc3ccc(Br)cc3)n2N=C1c1ccc(Cl)cc1. The van der Waals surface area contributed by atoms with E-state index in [1.54, 1.807) is 11.6 Å². The fourth-order valence-electron chi connectivity index (χ4n) is 2.98. The maximum atomic E-state index is 11.8. The van der Waals surface area contributed by atoms with Crippen LogP contribution in [0.1, 0.15) is 30.3 Å². The van der Waals surface area contributed by atoms with Crippen molar-refractivity contribution in [3.8, 4) is 0 Å². The molecule has 1 aromatic heterocycles. The van der Waals surface area contributed by atoms with Gasteiger partial charge in [0, 0.05) is 22.3 Å². The predicted octanol–water partition coefficient (Wildman–Crippen LogP) is 4.99. The fourth-order valence-corrected chi connectivity index (χ4v) is 4.58. The maximum absolute atomic E-state index is 11.8. The van der Waals surface area contributed by atoms with E-state index >= 15 is 0 Å². The first-order chi connectivity index (χ1) is 13.5. The molecule has 0 radical (unpaired) electrons. The summed E-state index contributed by atoms with van der Waals surface area (Å²) in [6.45, 7) is 1.60. The van der Waals surface area contributed by atoms with Gasteiger partial charge in [-0.05, 0) is 42.3 Å². The van der Waals surface area contributed by atoms with Gasteiger partial charge in [-0.2, -0.15) is 9.78 Å². The molecule has 0 N–H and O–H groups in total. The van der Waals surface area contributed by atoms with E-state index in [1.165, 1.54) is 11.8 Å². The van der Waals surface area contributed by atoms with Crippen LogP contribution in [0, 0.1) is 0 Å². The number of benzene rings is 2. The first-order valence-corrected chi connectivity index (χ1v) is 10.7. The number of halogens is 2. The lowest BCUT2D eigenvalue weighted by atomic mass is 10.0. The van der Waals surface area contributed by atoms with E-state index < -0.39 is 0 Å². The Morgan fingerprint density at radius 3 is 2.54 bits per heavy atom. The Bertz CT molecular complexity index is 1050. The van der Waals surface area contributed by atoms with Crippen molar-refractivity contribution in [2.24, 2.45) is 5.10 Å². The van der Waals surface area contributed by atoms with Gasteiger partial charge in [-0.15, -0.1) is 10.2 Å². The van der Waals surface area contributed by atoms with E-state index in [0.717, 1.165) is 27.1 Å². The third-order valence-electron chi connectivity index (χ3n) is 4.33. The second-order valence-corrected chi connectivity index (χ2v) is 9.04. The minimum Gasteiger partial charge on any atom is -0.300 e. The van der Waals surface area contributed by atoms with Crippen LogP contribution in [0.25, 0.3) is 0 Å². The molecule has 142 valence electrons. The van der Waals surface area contributed by atoms with Crippen LogP contribution in [0.4, 0.5) is 0 Å². The third kappa shape index (κ3) is 4.21. The Labute approximate surface area is 180 Å². The lowest BCUT2D eigenvalue weighted by molar-refractivity contribution is -0.116. The van der Waals surface area contributed by atoms with Crippen LogP contribution in [0.15, 0.2) is 63.3 Å². The molecule has 0 aliphatic carbocycles. The van der Waals surface area contributed by atoms with E-state index in [2.05, 4.69) is 26.1 Å². The van der Waals surface area contributed by atoms with E-state index in [-0.39, 0.29) is 11.0 Å². The number of nitrogens with zero attached hydrogens (tertiary/aromatic N) is 4. The summed E-state index contributed by atoms with van der Waals surface area (Å²) in [6.07, 6.45) is 1.01. The van der Waals surface area contributed by atoms with E-state index in [1.807, 2.05) is 48.5 Å². The van der Waals surface area contributed by atoms with Gasteiger partial charge in [0.2, 0.25) is 5.16 Å². The average molecular weight is 476 g/mol. The van der Waals surface area contributed by atoms with Crippen molar-refractivity contribution in [3.63, 3.8) is 0 Å². The number of Topliss-reactive ketones (excluding diaryl/α,β-unsaturated/α-hetero) is 1. The molecule has 0 saturated carbocycles. The van der Waals surface area contributed by atoms with Gasteiger partial charge in [-0.1, -0.05) is 63.6 Å². The summed E-state index contributed by atoms with van der Waals surface area (Å²) < 4.78 is 2.82. The number of aromatic nitrogens is 3. The summed E-state index contributed by atoms with van der Waals surface area (Å²) in [5.74, 6) is 0.875. The smallest absolute Gasteiger partial charge is 0.212 e. The van der Waals surface area contributed by atoms with Crippen LogP contribution < -0.4 is 0 Å². The van der Waals surface area contributed by atoms with Gasteiger partial charge in [0.05, 0.1) is 11.0 Å². The van der Waals surface area contributed by atoms with E-state index in [4.69, 9.17) is 16.7 Å². The standard InChI is InChI=1S/C20H16BrClN4OS/c1-12(27)10-17-19(14-4-8-16(22)9-5-14)25-26-18(23-24-20(26)28-17)11-13-2-6-15(21)7-3-13/h2-9,17H,10-11H2,1H3. The molecular weight excluding hydrogens is 460 g/mol. The highest BCUT2D eigenvalue weighted by molar-refractivity contribution is 9.10. The minimum atomic E-state index is -0.101. The van der Waals surface area contributed by atoms with Gasteiger partial charge in [0.15, 0.2) is 5.82 Å². The quantitative estimate of drug-likeness (QED) is 0.521. The molecule has 3 aromatic rings. The summed E-state index contributed by atoms with van der Waals surface area (Å²) in [7, 11) is 0. The fraction of sp³-hybridized carbons (Fsp3) is 0.200. The van der Waals surface area contributed by atoms with E-state index in [0.29, 0.717) is 23.0 Å². The lowest BCUT2D eigenvalue weighted by Crippen LogP contribution is -2.26. The van der Waals surface area contributed by atoms with Crippen LogP contribution >= 0.6 is 39.3 Å². The third-order valence-corrected chi connectivity index (χ3v) is 6.25. The Morgan fingerprint density at radius 2 is 1.86 bits per heavy atom. The molecule has 1 unspecified atom stereocenters. The predicted molar refractivity (Wildman–Crippen MR) is 115 cm³/mol. The number of hydrogen-bond donors (Lipinski definition) is 0. The maximum Gasteiger partial charge on any atom is 0.212 e. The zero-order valence-corrected chi connectivity index (χ0v) is 18.1. The zero-order chi connectivity index (χ0) is 19.7. The number of carbonyl (C=O) groups excluding carboxylic acids is 1. The Kier molecular flexibility index (Phi) is 5.66. The monoisotopic (exact) mass is 474 g/mol. The molecule has 1 aliphatic heterocycles. The highest BCUT2D eigenvalue weighted by Gasteiger charge is 2.29. The van der Waals surface area contributed by atoms with E-state index in [9.17, 15) is 4.79 Å².